The van der Waals surface area contributed by atoms with Gasteiger partial charge in [0.05, 0.1) is 4.47 Å². The molecule has 0 spiro atoms. The first-order valence-corrected chi connectivity index (χ1v) is 3.35. The number of carbonyl (C=O) groups is 1. The van der Waals surface area contributed by atoms with Gasteiger partial charge in [-0.2, -0.15) is 0 Å². The molecule has 1 heterocycles. The molecule has 11 heavy (non-hydrogen) atoms. The van der Waals surface area contributed by atoms with Crippen LogP contribution in [0.25, 0.3) is 0 Å². The van der Waals surface area contributed by atoms with Crippen LogP contribution < -0.4 is 0 Å². The predicted molar refractivity (Wildman–Crippen MR) is 44.7 cm³/mol. The normalized spacial score (nSPS) is 8.45. The zero-order valence-corrected chi connectivity index (χ0v) is 9.50. The number of carboxylic acid groups (broad SMARTS) is 1. The van der Waals surface area contributed by atoms with Crippen molar-refractivity contribution in [3.63, 3.8) is 0 Å². The van der Waals surface area contributed by atoms with E-state index >= 15 is 0 Å². The van der Waals surface area contributed by atoms with Crippen LogP contribution in [0.4, 0.5) is 0 Å². The molecule has 1 radical (unpaired) electrons. The SMILES string of the molecule is O=C(O)c1ncccc1Br.[Na]. The summed E-state index contributed by atoms with van der Waals surface area (Å²) in [4.78, 5) is 14.0. The van der Waals surface area contributed by atoms with Gasteiger partial charge in [-0.15, -0.1) is 0 Å². The Morgan fingerprint density at radius 1 is 1.64 bits per heavy atom. The van der Waals surface area contributed by atoms with E-state index in [1.165, 1.54) is 6.20 Å². The molecule has 0 fully saturated rings. The van der Waals surface area contributed by atoms with E-state index in [2.05, 4.69) is 20.9 Å². The zero-order chi connectivity index (χ0) is 7.56. The van der Waals surface area contributed by atoms with Gasteiger partial charge < -0.3 is 5.11 Å². The van der Waals surface area contributed by atoms with E-state index in [1.54, 1.807) is 12.1 Å². The first-order chi connectivity index (χ1) is 4.72. The van der Waals surface area contributed by atoms with Gasteiger partial charge in [0, 0.05) is 35.8 Å². The smallest absolute Gasteiger partial charge is 0.355 e. The average Bonchev–Trinajstić information content (AvgIpc) is 1.88. The summed E-state index contributed by atoms with van der Waals surface area (Å²) in [6, 6.07) is 3.30. The number of hydrogen-bond donors (Lipinski definition) is 1. The molecule has 0 saturated carbocycles. The van der Waals surface area contributed by atoms with Gasteiger partial charge in [0.2, 0.25) is 0 Å². The first-order valence-electron chi connectivity index (χ1n) is 2.55. The summed E-state index contributed by atoms with van der Waals surface area (Å²) >= 11 is 3.05. The van der Waals surface area contributed by atoms with Crippen molar-refractivity contribution in [1.82, 2.24) is 4.98 Å². The van der Waals surface area contributed by atoms with E-state index in [0.717, 1.165) is 0 Å². The van der Waals surface area contributed by atoms with Crippen molar-refractivity contribution in [3.8, 4) is 0 Å². The van der Waals surface area contributed by atoms with Crippen LogP contribution in [0.3, 0.4) is 0 Å². The summed E-state index contributed by atoms with van der Waals surface area (Å²) in [6.45, 7) is 0. The Hall–Kier alpha value is 0.100. The van der Waals surface area contributed by atoms with Gasteiger partial charge in [-0.25, -0.2) is 9.78 Å². The number of rotatable bonds is 1. The van der Waals surface area contributed by atoms with Crippen LogP contribution in [-0.2, 0) is 0 Å². The fourth-order valence-corrected chi connectivity index (χ4v) is 0.968. The molecule has 0 aromatic carbocycles. The van der Waals surface area contributed by atoms with E-state index in [0.29, 0.717) is 4.47 Å². The third-order valence-electron chi connectivity index (χ3n) is 0.961. The maximum Gasteiger partial charge on any atom is 0.355 e. The molecule has 0 aliphatic rings. The second-order valence-corrected chi connectivity index (χ2v) is 2.49. The Balaban J connectivity index is 0.000001000. The van der Waals surface area contributed by atoms with Crippen molar-refractivity contribution < 1.29 is 9.90 Å². The van der Waals surface area contributed by atoms with Crippen LogP contribution in [0, 0.1) is 0 Å². The Labute approximate surface area is 94.3 Å². The number of nitrogens with zero attached hydrogens (tertiary/aromatic N) is 1. The predicted octanol–water partition coefficient (Wildman–Crippen LogP) is 1.16. The molecule has 5 heteroatoms. The molecular weight excluding hydrogens is 221 g/mol. The maximum atomic E-state index is 10.3. The molecule has 0 aliphatic carbocycles. The Bertz CT molecular complexity index is 267. The number of aromatic nitrogens is 1. The Kier molecular flexibility index (Phi) is 4.92. The molecule has 0 bridgehead atoms. The minimum Gasteiger partial charge on any atom is -0.476 e. The molecule has 1 rings (SSSR count). The monoisotopic (exact) mass is 224 g/mol. The number of hydrogen-bond acceptors (Lipinski definition) is 2. The molecule has 0 unspecified atom stereocenters. The quantitative estimate of drug-likeness (QED) is 0.729. The standard InChI is InChI=1S/C6H4BrNO2.Na/c7-4-2-1-3-8-5(4)6(9)10;/h1-3H,(H,9,10);. The van der Waals surface area contributed by atoms with Gasteiger partial charge in [0.25, 0.3) is 0 Å². The van der Waals surface area contributed by atoms with E-state index < -0.39 is 5.97 Å². The number of halogens is 1. The van der Waals surface area contributed by atoms with Crippen LogP contribution in [0.1, 0.15) is 10.5 Å². The summed E-state index contributed by atoms with van der Waals surface area (Å²) in [5.41, 5.74) is 0.0440. The van der Waals surface area contributed by atoms with E-state index in [1.807, 2.05) is 0 Å². The molecule has 0 amide bonds. The topological polar surface area (TPSA) is 50.2 Å². The maximum absolute atomic E-state index is 10.3. The van der Waals surface area contributed by atoms with E-state index in [9.17, 15) is 4.79 Å². The molecular formula is C6H4BrNNaO2. The first kappa shape index (κ1) is 11.1. The van der Waals surface area contributed by atoms with Gasteiger partial charge in [-0.1, -0.05) is 0 Å². The second kappa shape index (κ2) is 4.87. The molecule has 1 aromatic rings. The summed E-state index contributed by atoms with van der Waals surface area (Å²) in [6.07, 6.45) is 1.44. The van der Waals surface area contributed by atoms with Crippen molar-refractivity contribution in [1.29, 1.82) is 0 Å². The third kappa shape index (κ3) is 2.91. The molecule has 53 valence electrons. The van der Waals surface area contributed by atoms with Crippen LogP contribution >= 0.6 is 15.9 Å². The van der Waals surface area contributed by atoms with Crippen molar-refractivity contribution in [2.75, 3.05) is 0 Å². The minimum atomic E-state index is -1.02. The van der Waals surface area contributed by atoms with Gasteiger partial charge in [-0.05, 0) is 28.1 Å². The molecule has 0 atom stereocenters. The number of aromatic carboxylic acids is 1. The van der Waals surface area contributed by atoms with Gasteiger partial charge >= 0.3 is 5.97 Å². The fraction of sp³-hybridized carbons (Fsp3) is 0. The molecule has 0 aliphatic heterocycles. The summed E-state index contributed by atoms with van der Waals surface area (Å²) in [5.74, 6) is -1.02. The van der Waals surface area contributed by atoms with E-state index in [-0.39, 0.29) is 35.3 Å². The number of pyridine rings is 1. The largest absolute Gasteiger partial charge is 0.476 e. The van der Waals surface area contributed by atoms with Gasteiger partial charge in [-0.3, -0.25) is 0 Å². The average molecular weight is 225 g/mol. The fourth-order valence-electron chi connectivity index (χ4n) is 0.543. The van der Waals surface area contributed by atoms with Crippen LogP contribution in [-0.4, -0.2) is 45.6 Å². The van der Waals surface area contributed by atoms with Crippen molar-refractivity contribution in [2.24, 2.45) is 0 Å². The zero-order valence-electron chi connectivity index (χ0n) is 5.91. The summed E-state index contributed by atoms with van der Waals surface area (Å²) in [7, 11) is 0. The van der Waals surface area contributed by atoms with Crippen LogP contribution in [0.15, 0.2) is 22.8 Å². The number of carboxylic acids is 1. The third-order valence-corrected chi connectivity index (χ3v) is 1.60. The molecule has 3 nitrogen and oxygen atoms in total. The Morgan fingerprint density at radius 2 is 2.27 bits per heavy atom. The van der Waals surface area contributed by atoms with Gasteiger partial charge in [0.1, 0.15) is 0 Å². The summed E-state index contributed by atoms with van der Waals surface area (Å²) < 4.78 is 0.502. The van der Waals surface area contributed by atoms with Crippen molar-refractivity contribution >= 4 is 51.5 Å². The molecule has 1 aromatic heterocycles. The molecule has 0 saturated heterocycles. The van der Waals surface area contributed by atoms with Gasteiger partial charge in [0.15, 0.2) is 5.69 Å². The van der Waals surface area contributed by atoms with Crippen LogP contribution in [0.2, 0.25) is 0 Å². The van der Waals surface area contributed by atoms with Crippen molar-refractivity contribution in [2.45, 2.75) is 0 Å². The summed E-state index contributed by atoms with van der Waals surface area (Å²) in [5, 5.41) is 8.47. The van der Waals surface area contributed by atoms with E-state index in [4.69, 9.17) is 5.11 Å². The van der Waals surface area contributed by atoms with Crippen LogP contribution in [0.5, 0.6) is 0 Å². The Morgan fingerprint density at radius 3 is 2.64 bits per heavy atom. The minimum absolute atomic E-state index is 0. The molecule has 1 N–H and O–H groups in total. The van der Waals surface area contributed by atoms with Crippen molar-refractivity contribution in [3.05, 3.63) is 28.5 Å². The second-order valence-electron chi connectivity index (χ2n) is 1.64.